The van der Waals surface area contributed by atoms with E-state index in [4.69, 9.17) is 4.74 Å². The van der Waals surface area contributed by atoms with E-state index in [9.17, 15) is 23.7 Å². The van der Waals surface area contributed by atoms with Gasteiger partial charge in [-0.25, -0.2) is 9.18 Å². The van der Waals surface area contributed by atoms with Crippen LogP contribution in [0.25, 0.3) is 0 Å². The van der Waals surface area contributed by atoms with E-state index in [1.54, 1.807) is 20.8 Å². The Balaban J connectivity index is 2.85. The van der Waals surface area contributed by atoms with Gasteiger partial charge in [0.15, 0.2) is 0 Å². The molecule has 20 heavy (non-hydrogen) atoms. The molecule has 0 atom stereocenters. The lowest BCUT2D eigenvalue weighted by atomic mass is 10.2. The number of nitrogens with zero attached hydrogens (tertiary/aromatic N) is 1. The molecular weight excluding hydrogens is 276 g/mol. The van der Waals surface area contributed by atoms with Crippen LogP contribution in [0.5, 0.6) is 0 Å². The molecule has 110 valence electrons. The zero-order chi connectivity index (χ0) is 15.5. The number of nitro groups is 1. The van der Waals surface area contributed by atoms with E-state index in [1.165, 1.54) is 0 Å². The third-order valence-electron chi connectivity index (χ3n) is 2.09. The van der Waals surface area contributed by atoms with Gasteiger partial charge in [-0.05, 0) is 26.8 Å². The molecule has 0 aliphatic heterocycles. The van der Waals surface area contributed by atoms with Crippen molar-refractivity contribution in [3.05, 3.63) is 39.4 Å². The predicted molar refractivity (Wildman–Crippen MR) is 64.0 cm³/mol. The summed E-state index contributed by atoms with van der Waals surface area (Å²) in [6.45, 7) is 3.96. The Morgan fingerprint density at radius 3 is 2.45 bits per heavy atom. The number of carbonyl (C=O) groups is 1. The molecule has 0 saturated heterocycles. The van der Waals surface area contributed by atoms with Crippen LogP contribution in [0, 0.1) is 21.7 Å². The first-order valence-corrected chi connectivity index (χ1v) is 5.59. The van der Waals surface area contributed by atoms with Crippen molar-refractivity contribution in [1.29, 1.82) is 0 Å². The lowest BCUT2D eigenvalue weighted by Gasteiger charge is -2.18. The van der Waals surface area contributed by atoms with Crippen LogP contribution in [0.3, 0.4) is 0 Å². The largest absolute Gasteiger partial charge is 0.509 e. The van der Waals surface area contributed by atoms with Crippen LogP contribution in [0.4, 0.5) is 19.3 Å². The minimum absolute atomic E-state index is 0.696. The monoisotopic (exact) mass is 289 g/mol. The maximum Gasteiger partial charge on any atom is 0.509 e. The topological polar surface area (TPSA) is 78.7 Å². The van der Waals surface area contributed by atoms with Crippen LogP contribution in [0.1, 0.15) is 26.3 Å². The van der Waals surface area contributed by atoms with Gasteiger partial charge in [0.2, 0.25) is 5.82 Å². The number of nitro benzene ring substituents is 1. The molecule has 0 radical (unpaired) electrons. The van der Waals surface area contributed by atoms with Crippen LogP contribution >= 0.6 is 0 Å². The van der Waals surface area contributed by atoms with Gasteiger partial charge in [0.1, 0.15) is 18.0 Å². The molecule has 0 unspecified atom stereocenters. The first kappa shape index (κ1) is 15.8. The molecule has 0 fully saturated rings. The molecule has 0 spiro atoms. The molecule has 0 aliphatic rings. The average molecular weight is 289 g/mol. The molecule has 0 amide bonds. The summed E-state index contributed by atoms with van der Waals surface area (Å²) >= 11 is 0. The number of rotatable bonds is 3. The van der Waals surface area contributed by atoms with Crippen molar-refractivity contribution in [1.82, 2.24) is 0 Å². The maximum absolute atomic E-state index is 13.7. The summed E-state index contributed by atoms with van der Waals surface area (Å²) in [4.78, 5) is 20.8. The fourth-order valence-electron chi connectivity index (χ4n) is 1.27. The Bertz CT molecular complexity index is 539. The number of hydrogen-bond donors (Lipinski definition) is 0. The zero-order valence-corrected chi connectivity index (χ0v) is 11.1. The highest BCUT2D eigenvalue weighted by Gasteiger charge is 2.23. The average Bonchev–Trinajstić information content (AvgIpc) is 2.25. The molecule has 0 saturated carbocycles. The summed E-state index contributed by atoms with van der Waals surface area (Å²) in [6, 6.07) is 1.43. The van der Waals surface area contributed by atoms with E-state index < -0.39 is 46.2 Å². The SMILES string of the molecule is CC(C)(C)OC(=O)OCc1c(F)ccc([N+](=O)[O-])c1F. The molecule has 0 aromatic heterocycles. The van der Waals surface area contributed by atoms with Crippen molar-refractivity contribution in [3.63, 3.8) is 0 Å². The Hall–Kier alpha value is -2.25. The fourth-order valence-corrected chi connectivity index (χ4v) is 1.27. The molecule has 8 heteroatoms. The number of halogens is 2. The summed E-state index contributed by atoms with van der Waals surface area (Å²) < 4.78 is 36.4. The number of benzene rings is 1. The van der Waals surface area contributed by atoms with Crippen molar-refractivity contribution >= 4 is 11.8 Å². The Labute approximate surface area is 113 Å². The maximum atomic E-state index is 13.7. The summed E-state index contributed by atoms with van der Waals surface area (Å²) in [5.74, 6) is -2.42. The Morgan fingerprint density at radius 1 is 1.35 bits per heavy atom. The molecule has 0 N–H and O–H groups in total. The van der Waals surface area contributed by atoms with E-state index in [0.717, 1.165) is 6.07 Å². The summed E-state index contributed by atoms with van der Waals surface area (Å²) in [7, 11) is 0. The van der Waals surface area contributed by atoms with Crippen molar-refractivity contribution in [2.24, 2.45) is 0 Å². The van der Waals surface area contributed by atoms with Crippen molar-refractivity contribution in [2.45, 2.75) is 33.0 Å². The first-order chi connectivity index (χ1) is 9.11. The van der Waals surface area contributed by atoms with Gasteiger partial charge in [-0.1, -0.05) is 0 Å². The van der Waals surface area contributed by atoms with Crippen LogP contribution in [-0.4, -0.2) is 16.7 Å². The molecule has 0 aliphatic carbocycles. The van der Waals surface area contributed by atoms with Gasteiger partial charge in [-0.2, -0.15) is 4.39 Å². The standard InChI is InChI=1S/C12H13F2NO5/c1-12(2,3)20-11(16)19-6-7-8(13)4-5-9(10(7)14)15(17)18/h4-5H,6H2,1-3H3. The Morgan fingerprint density at radius 2 is 1.95 bits per heavy atom. The molecular formula is C12H13F2NO5. The fraction of sp³-hybridized carbons (Fsp3) is 0.417. The second-order valence-corrected chi connectivity index (χ2v) is 4.87. The highest BCUT2D eigenvalue weighted by atomic mass is 19.1. The molecule has 6 nitrogen and oxygen atoms in total. The van der Waals surface area contributed by atoms with E-state index in [1.807, 2.05) is 0 Å². The molecule has 0 heterocycles. The van der Waals surface area contributed by atoms with Gasteiger partial charge >= 0.3 is 11.8 Å². The molecule has 0 bridgehead atoms. The van der Waals surface area contributed by atoms with E-state index >= 15 is 0 Å². The number of carbonyl (C=O) groups excluding carboxylic acids is 1. The van der Waals surface area contributed by atoms with Crippen molar-refractivity contribution in [3.8, 4) is 0 Å². The summed E-state index contributed by atoms with van der Waals surface area (Å²) in [5.41, 5.74) is -2.42. The van der Waals surface area contributed by atoms with Gasteiger partial charge in [-0.3, -0.25) is 10.1 Å². The smallest absolute Gasteiger partial charge is 0.429 e. The summed E-state index contributed by atoms with van der Waals surface area (Å²) in [6.07, 6.45) is -1.12. The second kappa shape index (κ2) is 5.81. The van der Waals surface area contributed by atoms with Crippen molar-refractivity contribution in [2.75, 3.05) is 0 Å². The van der Waals surface area contributed by atoms with Gasteiger partial charge in [0.25, 0.3) is 0 Å². The lowest BCUT2D eigenvalue weighted by molar-refractivity contribution is -0.387. The van der Waals surface area contributed by atoms with Crippen LogP contribution in [0.15, 0.2) is 12.1 Å². The molecule has 1 rings (SSSR count). The second-order valence-electron chi connectivity index (χ2n) is 4.87. The minimum atomic E-state index is -1.38. The van der Waals surface area contributed by atoms with Crippen LogP contribution in [0.2, 0.25) is 0 Å². The molecule has 1 aromatic rings. The highest BCUT2D eigenvalue weighted by molar-refractivity contribution is 5.60. The number of hydrogen-bond acceptors (Lipinski definition) is 5. The van der Waals surface area contributed by atoms with Crippen molar-refractivity contribution < 1.29 is 28.0 Å². The van der Waals surface area contributed by atoms with Crippen LogP contribution < -0.4 is 0 Å². The van der Waals surface area contributed by atoms with E-state index in [0.29, 0.717) is 6.07 Å². The van der Waals surface area contributed by atoms with Gasteiger partial charge in [0.05, 0.1) is 10.5 Å². The lowest BCUT2D eigenvalue weighted by Crippen LogP contribution is -2.24. The first-order valence-electron chi connectivity index (χ1n) is 5.59. The minimum Gasteiger partial charge on any atom is -0.429 e. The number of ether oxygens (including phenoxy) is 2. The third kappa shape index (κ3) is 4.15. The van der Waals surface area contributed by atoms with Gasteiger partial charge in [-0.15, -0.1) is 0 Å². The van der Waals surface area contributed by atoms with Gasteiger partial charge < -0.3 is 9.47 Å². The van der Waals surface area contributed by atoms with E-state index in [2.05, 4.69) is 4.74 Å². The summed E-state index contributed by atoms with van der Waals surface area (Å²) in [5, 5.41) is 10.5. The third-order valence-corrected chi connectivity index (χ3v) is 2.09. The molecule has 1 aromatic carbocycles. The Kier molecular flexibility index (Phi) is 4.59. The van der Waals surface area contributed by atoms with E-state index in [-0.39, 0.29) is 0 Å². The predicted octanol–water partition coefficient (Wildman–Crippen LogP) is 3.32. The normalized spacial score (nSPS) is 11.1. The quantitative estimate of drug-likeness (QED) is 0.484. The van der Waals surface area contributed by atoms with Gasteiger partial charge in [0, 0.05) is 6.07 Å². The van der Waals surface area contributed by atoms with Crippen LogP contribution in [-0.2, 0) is 16.1 Å². The zero-order valence-electron chi connectivity index (χ0n) is 11.1. The highest BCUT2D eigenvalue weighted by Crippen LogP contribution is 2.24.